The van der Waals surface area contributed by atoms with Crippen molar-refractivity contribution in [3.63, 3.8) is 0 Å². The van der Waals surface area contributed by atoms with E-state index >= 15 is 0 Å². The molecule has 4 aromatic rings. The van der Waals surface area contributed by atoms with Crippen LogP contribution < -0.4 is 9.47 Å². The molecule has 4 rings (SSSR count). The fourth-order valence-electron chi connectivity index (χ4n) is 3.31. The molecule has 4 nitrogen and oxygen atoms in total. The molecule has 0 aliphatic carbocycles. The molecule has 1 heterocycles. The third kappa shape index (κ3) is 3.18. The number of hydrogen-bond acceptors (Lipinski definition) is 3. The van der Waals surface area contributed by atoms with Crippen molar-refractivity contribution in [1.29, 1.82) is 0 Å². The van der Waals surface area contributed by atoms with Crippen molar-refractivity contribution in [3.05, 3.63) is 82.5 Å². The first-order chi connectivity index (χ1) is 13.6. The molecule has 0 saturated carbocycles. The van der Waals surface area contributed by atoms with Crippen molar-refractivity contribution in [3.8, 4) is 22.6 Å². The number of ether oxygens (including phenoxy) is 2. The number of carbonyl (C=O) groups is 1. The first kappa shape index (κ1) is 18.3. The van der Waals surface area contributed by atoms with Crippen LogP contribution >= 0.6 is 15.9 Å². The maximum Gasteiger partial charge on any atom is 0.209 e. The van der Waals surface area contributed by atoms with Crippen molar-refractivity contribution in [2.75, 3.05) is 14.2 Å². The topological polar surface area (TPSA) is 51.3 Å². The van der Waals surface area contributed by atoms with Crippen LogP contribution in [-0.4, -0.2) is 25.0 Å². The van der Waals surface area contributed by atoms with Gasteiger partial charge in [-0.05, 0) is 54.1 Å². The molecular weight excluding hydrogens is 418 g/mol. The lowest BCUT2D eigenvalue weighted by molar-refractivity contribution is 0.103. The summed E-state index contributed by atoms with van der Waals surface area (Å²) in [6, 6.07) is 20.7. The molecule has 0 saturated heterocycles. The third-order valence-corrected chi connectivity index (χ3v) is 5.39. The van der Waals surface area contributed by atoms with E-state index in [0.717, 1.165) is 32.3 Å². The largest absolute Gasteiger partial charge is 0.497 e. The van der Waals surface area contributed by atoms with Gasteiger partial charge in [-0.3, -0.25) is 4.79 Å². The van der Waals surface area contributed by atoms with Gasteiger partial charge in [0.05, 0.1) is 19.9 Å². The summed E-state index contributed by atoms with van der Waals surface area (Å²) in [5, 5.41) is 0.976. The molecule has 140 valence electrons. The number of carbonyl (C=O) groups excluding carboxylic acids is 1. The fourth-order valence-corrected chi connectivity index (χ4v) is 3.87. The van der Waals surface area contributed by atoms with Crippen LogP contribution in [0.3, 0.4) is 0 Å². The molecule has 1 N–H and O–H groups in total. The van der Waals surface area contributed by atoms with Crippen molar-refractivity contribution in [2.45, 2.75) is 0 Å². The zero-order valence-corrected chi connectivity index (χ0v) is 17.0. The number of nitrogens with one attached hydrogen (secondary N) is 1. The normalized spacial score (nSPS) is 10.8. The first-order valence-corrected chi connectivity index (χ1v) is 9.55. The summed E-state index contributed by atoms with van der Waals surface area (Å²) in [7, 11) is 3.24. The number of methoxy groups -OCH3 is 2. The molecule has 0 amide bonds. The average molecular weight is 436 g/mol. The van der Waals surface area contributed by atoms with Gasteiger partial charge in [0.1, 0.15) is 11.5 Å². The van der Waals surface area contributed by atoms with Crippen LogP contribution in [0.25, 0.3) is 22.0 Å². The van der Waals surface area contributed by atoms with E-state index in [1.165, 1.54) is 0 Å². The summed E-state index contributed by atoms with van der Waals surface area (Å²) in [6.07, 6.45) is 0. The number of aromatic amines is 1. The monoisotopic (exact) mass is 435 g/mol. The van der Waals surface area contributed by atoms with Crippen molar-refractivity contribution in [2.24, 2.45) is 0 Å². The van der Waals surface area contributed by atoms with Crippen LogP contribution in [-0.2, 0) is 0 Å². The Labute approximate surface area is 171 Å². The van der Waals surface area contributed by atoms with Crippen LogP contribution in [0.15, 0.2) is 71.2 Å². The molecule has 0 radical (unpaired) electrons. The van der Waals surface area contributed by atoms with Gasteiger partial charge in [-0.1, -0.05) is 34.1 Å². The standard InChI is InChI=1S/C23H18BrNO3/c1-27-16-10-6-14(7-11-16)20-21-18(24)4-3-5-19(21)25-22(20)23(26)15-8-12-17(28-2)13-9-15/h3-13,25H,1-2H3. The zero-order chi connectivity index (χ0) is 19.7. The SMILES string of the molecule is COc1ccc(C(=O)c2[nH]c3cccc(Br)c3c2-c2ccc(OC)cc2)cc1. The highest BCUT2D eigenvalue weighted by molar-refractivity contribution is 9.10. The quantitative estimate of drug-likeness (QED) is 0.400. The van der Waals surface area contributed by atoms with Gasteiger partial charge >= 0.3 is 0 Å². The van der Waals surface area contributed by atoms with E-state index in [1.807, 2.05) is 42.5 Å². The number of halogens is 1. The van der Waals surface area contributed by atoms with E-state index in [1.54, 1.807) is 38.5 Å². The van der Waals surface area contributed by atoms with Gasteiger partial charge in [0.2, 0.25) is 5.78 Å². The number of rotatable bonds is 5. The number of H-pyrrole nitrogens is 1. The predicted octanol–water partition coefficient (Wildman–Crippen LogP) is 5.85. The summed E-state index contributed by atoms with van der Waals surface area (Å²) in [5.74, 6) is 1.41. The third-order valence-electron chi connectivity index (χ3n) is 4.73. The van der Waals surface area contributed by atoms with Crippen molar-refractivity contribution in [1.82, 2.24) is 4.98 Å². The molecule has 0 spiro atoms. The minimum absolute atomic E-state index is 0.0726. The smallest absolute Gasteiger partial charge is 0.209 e. The molecule has 0 aliphatic rings. The van der Waals surface area contributed by atoms with E-state index in [9.17, 15) is 4.79 Å². The Morgan fingerprint density at radius 2 is 1.46 bits per heavy atom. The van der Waals surface area contributed by atoms with E-state index in [0.29, 0.717) is 17.0 Å². The van der Waals surface area contributed by atoms with Gasteiger partial charge in [-0.25, -0.2) is 0 Å². The average Bonchev–Trinajstić information content (AvgIpc) is 3.14. The highest BCUT2D eigenvalue weighted by atomic mass is 79.9. The maximum atomic E-state index is 13.3. The van der Waals surface area contributed by atoms with Crippen LogP contribution in [0.1, 0.15) is 16.1 Å². The number of benzene rings is 3. The molecule has 0 unspecified atom stereocenters. The highest BCUT2D eigenvalue weighted by Gasteiger charge is 2.22. The lowest BCUT2D eigenvalue weighted by atomic mass is 9.97. The Balaban J connectivity index is 1.91. The van der Waals surface area contributed by atoms with Gasteiger partial charge in [0.15, 0.2) is 0 Å². The predicted molar refractivity (Wildman–Crippen MR) is 114 cm³/mol. The lowest BCUT2D eigenvalue weighted by Gasteiger charge is -2.08. The molecular formula is C23H18BrNO3. The zero-order valence-electron chi connectivity index (χ0n) is 15.5. The van der Waals surface area contributed by atoms with Crippen molar-refractivity contribution >= 4 is 32.6 Å². The molecule has 0 atom stereocenters. The summed E-state index contributed by atoms with van der Waals surface area (Å²) >= 11 is 3.64. The Hall–Kier alpha value is -3.05. The van der Waals surface area contributed by atoms with E-state index in [-0.39, 0.29) is 5.78 Å². The van der Waals surface area contributed by atoms with Crippen LogP contribution in [0, 0.1) is 0 Å². The minimum atomic E-state index is -0.0726. The Morgan fingerprint density at radius 3 is 2.07 bits per heavy atom. The second kappa shape index (κ2) is 7.52. The second-order valence-electron chi connectivity index (χ2n) is 6.32. The lowest BCUT2D eigenvalue weighted by Crippen LogP contribution is -2.03. The maximum absolute atomic E-state index is 13.3. The molecule has 0 fully saturated rings. The van der Waals surface area contributed by atoms with E-state index < -0.39 is 0 Å². The molecule has 0 aliphatic heterocycles. The summed E-state index contributed by atoms with van der Waals surface area (Å²) in [4.78, 5) is 16.6. The summed E-state index contributed by atoms with van der Waals surface area (Å²) in [6.45, 7) is 0. The first-order valence-electron chi connectivity index (χ1n) is 8.75. The minimum Gasteiger partial charge on any atom is -0.497 e. The highest BCUT2D eigenvalue weighted by Crippen LogP contribution is 2.38. The molecule has 28 heavy (non-hydrogen) atoms. The summed E-state index contributed by atoms with van der Waals surface area (Å²) < 4.78 is 11.4. The Bertz CT molecular complexity index is 1150. The van der Waals surface area contributed by atoms with E-state index in [4.69, 9.17) is 9.47 Å². The van der Waals surface area contributed by atoms with Crippen LogP contribution in [0.4, 0.5) is 0 Å². The second-order valence-corrected chi connectivity index (χ2v) is 7.18. The van der Waals surface area contributed by atoms with Gasteiger partial charge in [0.25, 0.3) is 0 Å². The van der Waals surface area contributed by atoms with Gasteiger partial charge in [-0.2, -0.15) is 0 Å². The van der Waals surface area contributed by atoms with Crippen molar-refractivity contribution < 1.29 is 14.3 Å². The van der Waals surface area contributed by atoms with Gasteiger partial charge < -0.3 is 14.5 Å². The molecule has 3 aromatic carbocycles. The number of ketones is 1. The van der Waals surface area contributed by atoms with Gasteiger partial charge in [-0.15, -0.1) is 0 Å². The Kier molecular flexibility index (Phi) is 4.92. The Morgan fingerprint density at radius 1 is 0.857 bits per heavy atom. The van der Waals surface area contributed by atoms with Crippen LogP contribution in [0.2, 0.25) is 0 Å². The number of fused-ring (bicyclic) bond motifs is 1. The fraction of sp³-hybridized carbons (Fsp3) is 0.0870. The number of aromatic nitrogens is 1. The van der Waals surface area contributed by atoms with E-state index in [2.05, 4.69) is 20.9 Å². The molecule has 0 bridgehead atoms. The van der Waals surface area contributed by atoms with Gasteiger partial charge in [0, 0.05) is 26.5 Å². The molecule has 1 aromatic heterocycles. The number of hydrogen-bond donors (Lipinski definition) is 1. The van der Waals surface area contributed by atoms with Crippen LogP contribution in [0.5, 0.6) is 11.5 Å². The molecule has 5 heteroatoms. The summed E-state index contributed by atoms with van der Waals surface area (Å²) in [5.41, 5.74) is 3.86.